The first-order chi connectivity index (χ1) is 11.2. The first kappa shape index (κ1) is 16.3. The summed E-state index contributed by atoms with van der Waals surface area (Å²) >= 11 is 1.93. The van der Waals surface area contributed by atoms with Crippen molar-refractivity contribution in [3.8, 4) is 11.6 Å². The van der Waals surface area contributed by atoms with Gasteiger partial charge in [-0.25, -0.2) is 4.68 Å². The van der Waals surface area contributed by atoms with Crippen LogP contribution in [0.3, 0.4) is 0 Å². The average molecular weight is 332 g/mol. The minimum atomic E-state index is 0.663. The van der Waals surface area contributed by atoms with E-state index in [1.807, 2.05) is 35.6 Å². The zero-order chi connectivity index (χ0) is 16.2. The Morgan fingerprint density at radius 1 is 1.43 bits per heavy atom. The maximum Gasteiger partial charge on any atom is 0.222 e. The molecule has 0 N–H and O–H groups in total. The summed E-state index contributed by atoms with van der Waals surface area (Å²) < 4.78 is 7.90. The molecule has 0 radical (unpaired) electrons. The normalized spacial score (nSPS) is 18.5. The summed E-state index contributed by atoms with van der Waals surface area (Å²) in [4.78, 5) is 6.68. The van der Waals surface area contributed by atoms with Crippen LogP contribution in [0.4, 0.5) is 0 Å². The van der Waals surface area contributed by atoms with E-state index in [4.69, 9.17) is 4.74 Å². The van der Waals surface area contributed by atoms with E-state index in [2.05, 4.69) is 28.2 Å². The first-order valence-corrected chi connectivity index (χ1v) is 9.41. The molecule has 0 aromatic carbocycles. The number of aromatic nitrogens is 3. The van der Waals surface area contributed by atoms with Crippen molar-refractivity contribution in [1.82, 2.24) is 19.7 Å². The Morgan fingerprint density at radius 2 is 2.30 bits per heavy atom. The second-order valence-corrected chi connectivity index (χ2v) is 6.92. The highest BCUT2D eigenvalue weighted by Crippen LogP contribution is 2.30. The lowest BCUT2D eigenvalue weighted by Gasteiger charge is -2.24. The van der Waals surface area contributed by atoms with E-state index >= 15 is 0 Å². The lowest BCUT2D eigenvalue weighted by atomic mass is 10.2. The molecule has 0 bridgehead atoms. The van der Waals surface area contributed by atoms with E-state index in [9.17, 15) is 0 Å². The predicted octanol–water partition coefficient (Wildman–Crippen LogP) is 3.24. The molecule has 1 fully saturated rings. The van der Waals surface area contributed by atoms with Crippen LogP contribution in [-0.4, -0.2) is 44.3 Å². The maximum absolute atomic E-state index is 6.07. The van der Waals surface area contributed by atoms with Crippen molar-refractivity contribution in [1.29, 1.82) is 0 Å². The number of thioether (sulfide) groups is 1. The number of hydrogen-bond donors (Lipinski definition) is 0. The van der Waals surface area contributed by atoms with Crippen LogP contribution < -0.4 is 4.74 Å². The van der Waals surface area contributed by atoms with Crippen LogP contribution in [0.2, 0.25) is 0 Å². The summed E-state index contributed by atoms with van der Waals surface area (Å²) in [5.74, 6) is 2.77. The molecular formula is C17H24N4OS. The molecule has 6 heteroatoms. The van der Waals surface area contributed by atoms with Gasteiger partial charge in [0.1, 0.15) is 5.75 Å². The summed E-state index contributed by atoms with van der Waals surface area (Å²) in [5.41, 5.74) is 2.23. The number of hydrogen-bond acceptors (Lipinski definition) is 5. The fourth-order valence-electron chi connectivity index (χ4n) is 3.20. The topological polar surface area (TPSA) is 43.2 Å². The standard InChI is InChI=1S/C17H24N4OS/c1-13-16(11-21-9-5-6-14(21)12-23-3)17(20(2)19-13)22-15-7-4-8-18-10-15/h4,7-8,10,14H,5-6,9,11-12H2,1-3H3/t14-/m1/s1. The van der Waals surface area contributed by atoms with Gasteiger partial charge in [0, 0.05) is 31.6 Å². The van der Waals surface area contributed by atoms with Gasteiger partial charge in [0.25, 0.3) is 0 Å². The molecule has 1 aliphatic heterocycles. The summed E-state index contributed by atoms with van der Waals surface area (Å²) in [6.07, 6.45) is 8.24. The van der Waals surface area contributed by atoms with E-state index in [0.29, 0.717) is 6.04 Å². The van der Waals surface area contributed by atoms with Crippen molar-refractivity contribution in [2.45, 2.75) is 32.4 Å². The lowest BCUT2D eigenvalue weighted by molar-refractivity contribution is 0.259. The molecular weight excluding hydrogens is 308 g/mol. The van der Waals surface area contributed by atoms with Gasteiger partial charge < -0.3 is 4.74 Å². The SMILES string of the molecule is CSC[C@H]1CCCN1Cc1c(C)nn(C)c1Oc1cccnc1. The minimum Gasteiger partial charge on any atom is -0.437 e. The van der Waals surface area contributed by atoms with Crippen LogP contribution in [0.25, 0.3) is 0 Å². The molecule has 23 heavy (non-hydrogen) atoms. The molecule has 1 aliphatic rings. The van der Waals surface area contributed by atoms with Crippen LogP contribution in [0.1, 0.15) is 24.1 Å². The molecule has 0 amide bonds. The Morgan fingerprint density at radius 3 is 3.04 bits per heavy atom. The van der Waals surface area contributed by atoms with Crippen molar-refractivity contribution in [2.75, 3.05) is 18.6 Å². The Labute approximate surface area is 142 Å². The second-order valence-electron chi connectivity index (χ2n) is 6.01. The summed E-state index contributed by atoms with van der Waals surface area (Å²) in [5, 5.41) is 4.56. The van der Waals surface area contributed by atoms with E-state index in [0.717, 1.165) is 30.4 Å². The van der Waals surface area contributed by atoms with Crippen molar-refractivity contribution in [2.24, 2.45) is 7.05 Å². The molecule has 0 unspecified atom stereocenters. The highest BCUT2D eigenvalue weighted by molar-refractivity contribution is 7.98. The van der Waals surface area contributed by atoms with E-state index in [-0.39, 0.29) is 0 Å². The van der Waals surface area contributed by atoms with E-state index in [1.165, 1.54) is 24.2 Å². The fraction of sp³-hybridized carbons (Fsp3) is 0.529. The summed E-state index contributed by atoms with van der Waals surface area (Å²) in [7, 11) is 1.94. The second kappa shape index (κ2) is 7.36. The van der Waals surface area contributed by atoms with Gasteiger partial charge in [-0.2, -0.15) is 16.9 Å². The quantitative estimate of drug-likeness (QED) is 0.812. The van der Waals surface area contributed by atoms with Crippen molar-refractivity contribution in [3.63, 3.8) is 0 Å². The first-order valence-electron chi connectivity index (χ1n) is 8.02. The molecule has 0 spiro atoms. The molecule has 124 valence electrons. The van der Waals surface area contributed by atoms with Gasteiger partial charge in [0.05, 0.1) is 17.5 Å². The number of aryl methyl sites for hydroxylation is 2. The maximum atomic E-state index is 6.07. The Kier molecular flexibility index (Phi) is 5.23. The van der Waals surface area contributed by atoms with Gasteiger partial charge in [-0.05, 0) is 44.7 Å². The molecule has 2 aromatic heterocycles. The largest absolute Gasteiger partial charge is 0.437 e. The third kappa shape index (κ3) is 3.70. The number of nitrogens with zero attached hydrogens (tertiary/aromatic N) is 4. The van der Waals surface area contributed by atoms with Gasteiger partial charge in [0.15, 0.2) is 0 Å². The molecule has 1 atom stereocenters. The molecule has 3 heterocycles. The highest BCUT2D eigenvalue weighted by Gasteiger charge is 2.27. The molecule has 3 rings (SSSR count). The van der Waals surface area contributed by atoms with Gasteiger partial charge in [-0.15, -0.1) is 0 Å². The smallest absolute Gasteiger partial charge is 0.222 e. The van der Waals surface area contributed by atoms with E-state index < -0.39 is 0 Å². The molecule has 0 aliphatic carbocycles. The number of ether oxygens (including phenoxy) is 1. The number of rotatable bonds is 6. The van der Waals surface area contributed by atoms with Crippen molar-refractivity contribution >= 4 is 11.8 Å². The highest BCUT2D eigenvalue weighted by atomic mass is 32.2. The Hall–Kier alpha value is -1.53. The lowest BCUT2D eigenvalue weighted by Crippen LogP contribution is -2.31. The molecule has 2 aromatic rings. The Balaban J connectivity index is 1.81. The van der Waals surface area contributed by atoms with Gasteiger partial charge in [-0.3, -0.25) is 9.88 Å². The summed E-state index contributed by atoms with van der Waals surface area (Å²) in [6, 6.07) is 4.47. The zero-order valence-corrected chi connectivity index (χ0v) is 14.8. The molecule has 1 saturated heterocycles. The number of likely N-dealkylation sites (tertiary alicyclic amines) is 1. The molecule has 0 saturated carbocycles. The Bertz CT molecular complexity index is 644. The van der Waals surface area contributed by atoms with Crippen LogP contribution in [0.15, 0.2) is 24.5 Å². The monoisotopic (exact) mass is 332 g/mol. The van der Waals surface area contributed by atoms with Crippen molar-refractivity contribution in [3.05, 3.63) is 35.8 Å². The summed E-state index contributed by atoms with van der Waals surface area (Å²) in [6.45, 7) is 4.12. The average Bonchev–Trinajstić information content (AvgIpc) is 3.08. The van der Waals surface area contributed by atoms with Crippen molar-refractivity contribution < 1.29 is 4.74 Å². The third-order valence-corrected chi connectivity index (χ3v) is 5.08. The van der Waals surface area contributed by atoms with Gasteiger partial charge in [-0.1, -0.05) is 0 Å². The van der Waals surface area contributed by atoms with Crippen LogP contribution in [0.5, 0.6) is 11.6 Å². The predicted molar refractivity (Wildman–Crippen MR) is 94.1 cm³/mol. The third-order valence-electron chi connectivity index (χ3n) is 4.36. The fourth-order valence-corrected chi connectivity index (χ4v) is 3.96. The van der Waals surface area contributed by atoms with Gasteiger partial charge in [0.2, 0.25) is 5.88 Å². The zero-order valence-electron chi connectivity index (χ0n) is 14.0. The number of pyridine rings is 1. The minimum absolute atomic E-state index is 0.663. The molecule has 5 nitrogen and oxygen atoms in total. The van der Waals surface area contributed by atoms with Crippen LogP contribution in [0, 0.1) is 6.92 Å². The van der Waals surface area contributed by atoms with Crippen LogP contribution >= 0.6 is 11.8 Å². The van der Waals surface area contributed by atoms with Crippen LogP contribution in [-0.2, 0) is 13.6 Å². The van der Waals surface area contributed by atoms with E-state index in [1.54, 1.807) is 12.4 Å². The van der Waals surface area contributed by atoms with Gasteiger partial charge >= 0.3 is 0 Å².